The van der Waals surface area contributed by atoms with Gasteiger partial charge in [-0.3, -0.25) is 9.69 Å². The molecule has 0 aromatic carbocycles. The van der Waals surface area contributed by atoms with Crippen LogP contribution in [0.4, 0.5) is 0 Å². The average molecular weight is 199 g/mol. The maximum absolute atomic E-state index is 11.1. The minimum absolute atomic E-state index is 0.222. The Kier molecular flexibility index (Phi) is 1.92. The van der Waals surface area contributed by atoms with Gasteiger partial charge in [0.25, 0.3) is 0 Å². The molecule has 2 heterocycles. The van der Waals surface area contributed by atoms with Crippen LogP contribution in [0.2, 0.25) is 0 Å². The highest BCUT2D eigenvalue weighted by atomic mass is 16.5. The van der Waals surface area contributed by atoms with E-state index in [0.29, 0.717) is 0 Å². The summed E-state index contributed by atoms with van der Waals surface area (Å²) in [7, 11) is 0. The third-order valence-electron chi connectivity index (χ3n) is 2.40. The van der Waals surface area contributed by atoms with E-state index in [4.69, 9.17) is 14.9 Å². The zero-order valence-electron chi connectivity index (χ0n) is 7.16. The molecule has 6 nitrogen and oxygen atoms in total. The van der Waals surface area contributed by atoms with Crippen LogP contribution in [0.3, 0.4) is 0 Å². The van der Waals surface area contributed by atoms with Crippen molar-refractivity contribution >= 4 is 11.9 Å². The number of amides is 1. The lowest BCUT2D eigenvalue weighted by Gasteiger charge is -2.34. The molecule has 0 aromatic rings. The monoisotopic (exact) mass is 199 g/mol. The lowest BCUT2D eigenvalue weighted by atomic mass is 10.1. The third-order valence-corrected chi connectivity index (χ3v) is 2.40. The van der Waals surface area contributed by atoms with Crippen molar-refractivity contribution in [2.75, 3.05) is 0 Å². The van der Waals surface area contributed by atoms with Crippen molar-refractivity contribution in [3.63, 3.8) is 0 Å². The molecule has 14 heavy (non-hydrogen) atoms. The van der Waals surface area contributed by atoms with Gasteiger partial charge in [0.05, 0.1) is 12.7 Å². The number of carboxylic acids is 1. The summed E-state index contributed by atoms with van der Waals surface area (Å²) in [6, 6.07) is -1.01. The lowest BCUT2D eigenvalue weighted by Crippen LogP contribution is -2.55. The molecule has 1 amide bonds. The van der Waals surface area contributed by atoms with Gasteiger partial charge in [-0.2, -0.15) is 0 Å². The largest absolute Gasteiger partial charge is 0.516 e. The van der Waals surface area contributed by atoms with Gasteiger partial charge in [0, 0.05) is 0 Å². The molecule has 0 aliphatic carbocycles. The number of nitrogens with zero attached hydrogens (tertiary/aromatic N) is 1. The summed E-state index contributed by atoms with van der Waals surface area (Å²) in [6.07, 6.45) is 0.986. The van der Waals surface area contributed by atoms with Crippen LogP contribution in [0.5, 0.6) is 0 Å². The zero-order valence-corrected chi connectivity index (χ0v) is 7.16. The highest BCUT2D eigenvalue weighted by Crippen LogP contribution is 2.34. The molecule has 3 atom stereocenters. The molecule has 1 unspecified atom stereocenters. The molecular weight excluding hydrogens is 190 g/mol. The number of β-lactam (4-membered cyclic amide) rings is 1. The molecule has 2 N–H and O–H groups in total. The summed E-state index contributed by atoms with van der Waals surface area (Å²) in [6.45, 7) is 0. The summed E-state index contributed by atoms with van der Waals surface area (Å²) < 4.78 is 5.22. The van der Waals surface area contributed by atoms with Crippen LogP contribution in [-0.2, 0) is 14.3 Å². The molecule has 0 radical (unpaired) electrons. The van der Waals surface area contributed by atoms with Crippen molar-refractivity contribution in [1.29, 1.82) is 0 Å². The maximum Gasteiger partial charge on any atom is 0.329 e. The molecule has 2 saturated heterocycles. The van der Waals surface area contributed by atoms with E-state index in [9.17, 15) is 9.59 Å². The van der Waals surface area contributed by atoms with Crippen molar-refractivity contribution in [3.05, 3.63) is 12.3 Å². The van der Waals surface area contributed by atoms with Crippen LogP contribution in [0, 0.1) is 0 Å². The minimum Gasteiger partial charge on any atom is -0.516 e. The van der Waals surface area contributed by atoms with Crippen LogP contribution < -0.4 is 0 Å². The van der Waals surface area contributed by atoms with Crippen LogP contribution >= 0.6 is 0 Å². The van der Waals surface area contributed by atoms with Crippen LogP contribution in [0.15, 0.2) is 12.3 Å². The Morgan fingerprint density at radius 3 is 2.86 bits per heavy atom. The first kappa shape index (κ1) is 9.01. The second-order valence-corrected chi connectivity index (χ2v) is 3.19. The number of carbonyl (C=O) groups is 2. The first-order valence-electron chi connectivity index (χ1n) is 4.15. The highest BCUT2D eigenvalue weighted by Gasteiger charge is 2.54. The predicted molar refractivity (Wildman–Crippen MR) is 43.3 cm³/mol. The standard InChI is InChI=1S/C8H9NO5/c10-2-1-4-7(8(12)13)9-5(11)3-6(9)14-4/h1-2,4,6-7,10H,3H2,(H,12,13)/b2-1-/t4?,6-,7-/m1/s1. The topological polar surface area (TPSA) is 87.1 Å². The number of carboxylic acid groups (broad SMARTS) is 1. The number of carbonyl (C=O) groups excluding carboxylic acids is 1. The maximum atomic E-state index is 11.1. The summed E-state index contributed by atoms with van der Waals surface area (Å²) in [5.41, 5.74) is 0. The quantitative estimate of drug-likeness (QED) is 0.461. The fourth-order valence-corrected chi connectivity index (χ4v) is 1.76. The Hall–Kier alpha value is -1.56. The Bertz CT molecular complexity index is 313. The fraction of sp³-hybridized carbons (Fsp3) is 0.500. The molecule has 76 valence electrons. The van der Waals surface area contributed by atoms with Gasteiger partial charge in [0.2, 0.25) is 5.91 Å². The molecule has 0 spiro atoms. The Morgan fingerprint density at radius 2 is 2.36 bits per heavy atom. The molecule has 2 aliphatic rings. The number of aliphatic carboxylic acids is 1. The zero-order chi connectivity index (χ0) is 10.3. The number of hydrogen-bond acceptors (Lipinski definition) is 4. The second kappa shape index (κ2) is 2.98. The van der Waals surface area contributed by atoms with E-state index in [0.717, 1.165) is 6.26 Å². The van der Waals surface area contributed by atoms with E-state index in [1.807, 2.05) is 0 Å². The lowest BCUT2D eigenvalue weighted by molar-refractivity contribution is -0.163. The average Bonchev–Trinajstić information content (AvgIpc) is 2.39. The van der Waals surface area contributed by atoms with E-state index in [1.54, 1.807) is 0 Å². The Labute approximate surface area is 79.4 Å². The molecule has 0 saturated carbocycles. The van der Waals surface area contributed by atoms with Gasteiger partial charge in [-0.05, 0) is 6.08 Å². The van der Waals surface area contributed by atoms with Gasteiger partial charge in [-0.15, -0.1) is 0 Å². The molecular formula is C8H9NO5. The van der Waals surface area contributed by atoms with E-state index < -0.39 is 24.3 Å². The van der Waals surface area contributed by atoms with Gasteiger partial charge in [0.15, 0.2) is 6.04 Å². The van der Waals surface area contributed by atoms with Gasteiger partial charge >= 0.3 is 5.97 Å². The predicted octanol–water partition coefficient (Wildman–Crippen LogP) is -0.532. The van der Waals surface area contributed by atoms with E-state index in [-0.39, 0.29) is 12.3 Å². The number of rotatable bonds is 2. The van der Waals surface area contributed by atoms with Crippen molar-refractivity contribution < 1.29 is 24.5 Å². The summed E-state index contributed by atoms with van der Waals surface area (Å²) in [5.74, 6) is -1.35. The first-order valence-corrected chi connectivity index (χ1v) is 4.15. The normalized spacial score (nSPS) is 35.9. The summed E-state index contributed by atoms with van der Waals surface area (Å²) in [5, 5.41) is 17.4. The van der Waals surface area contributed by atoms with Gasteiger partial charge in [-0.25, -0.2) is 4.79 Å². The minimum atomic E-state index is -1.12. The Morgan fingerprint density at radius 1 is 1.64 bits per heavy atom. The molecule has 2 rings (SSSR count). The highest BCUT2D eigenvalue weighted by molar-refractivity contribution is 5.89. The smallest absolute Gasteiger partial charge is 0.329 e. The molecule has 2 aliphatic heterocycles. The van der Waals surface area contributed by atoms with Gasteiger partial charge in [0.1, 0.15) is 12.3 Å². The number of ether oxygens (including phenoxy) is 1. The number of hydrogen-bond donors (Lipinski definition) is 2. The second-order valence-electron chi connectivity index (χ2n) is 3.19. The van der Waals surface area contributed by atoms with Crippen LogP contribution in [0.25, 0.3) is 0 Å². The van der Waals surface area contributed by atoms with Crippen molar-refractivity contribution in [3.8, 4) is 0 Å². The number of aliphatic hydroxyl groups excluding tert-OH is 1. The molecule has 2 fully saturated rings. The Balaban J connectivity index is 2.21. The first-order chi connectivity index (χ1) is 6.65. The van der Waals surface area contributed by atoms with E-state index in [1.165, 1.54) is 11.0 Å². The third kappa shape index (κ3) is 1.07. The number of aliphatic hydroxyl groups is 1. The van der Waals surface area contributed by atoms with Gasteiger partial charge < -0.3 is 14.9 Å². The fourth-order valence-electron chi connectivity index (χ4n) is 1.76. The van der Waals surface area contributed by atoms with Crippen LogP contribution in [0.1, 0.15) is 6.42 Å². The van der Waals surface area contributed by atoms with Crippen molar-refractivity contribution in [2.24, 2.45) is 0 Å². The van der Waals surface area contributed by atoms with Crippen molar-refractivity contribution in [1.82, 2.24) is 4.90 Å². The summed E-state index contributed by atoms with van der Waals surface area (Å²) in [4.78, 5) is 23.1. The molecule has 0 aromatic heterocycles. The molecule has 6 heteroatoms. The van der Waals surface area contributed by atoms with E-state index in [2.05, 4.69) is 0 Å². The van der Waals surface area contributed by atoms with Crippen molar-refractivity contribution in [2.45, 2.75) is 24.8 Å². The van der Waals surface area contributed by atoms with Gasteiger partial charge in [-0.1, -0.05) is 0 Å². The molecule has 0 bridgehead atoms. The SMILES string of the molecule is O=C(O)[C@H]1C(/C=C\O)O[C@@H]2CC(=O)N21. The van der Waals surface area contributed by atoms with E-state index >= 15 is 0 Å². The summed E-state index contributed by atoms with van der Waals surface area (Å²) >= 11 is 0. The van der Waals surface area contributed by atoms with Crippen LogP contribution in [-0.4, -0.2) is 45.4 Å². The number of fused-ring (bicyclic) bond motifs is 1.